The number of alkyl halides is 5. The number of rotatable bonds is 5. The molecule has 0 saturated heterocycles. The van der Waals surface area contributed by atoms with Crippen molar-refractivity contribution in [1.29, 1.82) is 0 Å². The normalized spacial score (nSPS) is 13.7. The monoisotopic (exact) mass is 421 g/mol. The largest absolute Gasteiger partial charge is 0.463 e. The quantitative estimate of drug-likeness (QED) is 0.586. The summed E-state index contributed by atoms with van der Waals surface area (Å²) in [5, 5.41) is 10.9. The number of fused-ring (bicyclic) bond motifs is 1. The van der Waals surface area contributed by atoms with E-state index >= 15 is 0 Å². The van der Waals surface area contributed by atoms with E-state index in [1.165, 1.54) is 6.07 Å². The third-order valence-corrected chi connectivity index (χ3v) is 3.93. The Morgan fingerprint density at radius 3 is 2.38 bits per heavy atom. The summed E-state index contributed by atoms with van der Waals surface area (Å²) in [6, 6.07) is 2.21. The zero-order valence-corrected chi connectivity index (χ0v) is 15.1. The van der Waals surface area contributed by atoms with Gasteiger partial charge in [-0.2, -0.15) is 31.6 Å². The molecule has 3 rings (SSSR count). The Balaban J connectivity index is 2.03. The van der Waals surface area contributed by atoms with Crippen LogP contribution in [0.15, 0.2) is 18.3 Å². The van der Waals surface area contributed by atoms with Crippen LogP contribution in [0.3, 0.4) is 0 Å². The number of halogens is 6. The maximum atomic E-state index is 14.2. The molecule has 13 heteroatoms. The van der Waals surface area contributed by atoms with Gasteiger partial charge in [-0.25, -0.2) is 9.37 Å². The van der Waals surface area contributed by atoms with Crippen LogP contribution in [0.4, 0.5) is 26.3 Å². The molecule has 0 aliphatic rings. The highest BCUT2D eigenvalue weighted by Crippen LogP contribution is 2.30. The second-order valence-electron chi connectivity index (χ2n) is 6.00. The van der Waals surface area contributed by atoms with Crippen LogP contribution in [0.5, 0.6) is 5.88 Å². The maximum absolute atomic E-state index is 14.2. The molecule has 7 nitrogen and oxygen atoms in total. The number of aryl methyl sites for hydroxylation is 1. The molecule has 0 fully saturated rings. The zero-order chi connectivity index (χ0) is 21.6. The molecule has 0 N–H and O–H groups in total. The Kier molecular flexibility index (Phi) is 5.11. The van der Waals surface area contributed by atoms with Crippen molar-refractivity contribution in [2.24, 2.45) is 0 Å². The van der Waals surface area contributed by atoms with Gasteiger partial charge in [-0.1, -0.05) is 0 Å². The first-order valence-corrected chi connectivity index (χ1v) is 8.00. The van der Waals surface area contributed by atoms with Gasteiger partial charge in [0.15, 0.2) is 17.6 Å². The average molecular weight is 421 g/mol. The summed E-state index contributed by atoms with van der Waals surface area (Å²) < 4.78 is 89.0. The van der Waals surface area contributed by atoms with Crippen molar-refractivity contribution in [3.8, 4) is 17.1 Å². The second kappa shape index (κ2) is 7.13. The summed E-state index contributed by atoms with van der Waals surface area (Å²) in [5.74, 6) is -2.93. The Morgan fingerprint density at radius 1 is 1.10 bits per heavy atom. The summed E-state index contributed by atoms with van der Waals surface area (Å²) in [4.78, 5) is 3.55. The standard InChI is InChI=1S/C16H13F6N5O2/c1-7-4-11-24-25-14(16(21,22)28-3)27(11)26-12(7)9-5-10(17)13(23-6-9)29-8(2)15(18,19)20/h4-6,8H,1-3H3. The molecule has 1 unspecified atom stereocenters. The minimum absolute atomic E-state index is 0.00892. The number of aromatic nitrogens is 5. The lowest BCUT2D eigenvalue weighted by atomic mass is 10.1. The molecule has 0 aromatic carbocycles. The highest BCUT2D eigenvalue weighted by atomic mass is 19.4. The Hall–Kier alpha value is -2.96. The Morgan fingerprint density at radius 2 is 1.79 bits per heavy atom. The van der Waals surface area contributed by atoms with E-state index in [9.17, 15) is 26.3 Å². The van der Waals surface area contributed by atoms with E-state index in [-0.39, 0.29) is 16.9 Å². The predicted octanol–water partition coefficient (Wildman–Crippen LogP) is 3.66. The second-order valence-corrected chi connectivity index (χ2v) is 6.00. The molecule has 3 aromatic rings. The summed E-state index contributed by atoms with van der Waals surface area (Å²) >= 11 is 0. The van der Waals surface area contributed by atoms with Crippen molar-refractivity contribution < 1.29 is 35.8 Å². The van der Waals surface area contributed by atoms with Crippen molar-refractivity contribution in [2.75, 3.05) is 7.11 Å². The number of hydrogen-bond donors (Lipinski definition) is 0. The molecule has 1 atom stereocenters. The molecule has 0 bridgehead atoms. The van der Waals surface area contributed by atoms with E-state index in [0.29, 0.717) is 12.5 Å². The van der Waals surface area contributed by atoms with Gasteiger partial charge in [0.05, 0.1) is 5.69 Å². The zero-order valence-electron chi connectivity index (χ0n) is 15.1. The molecule has 0 saturated carbocycles. The van der Waals surface area contributed by atoms with Crippen molar-refractivity contribution in [2.45, 2.75) is 32.2 Å². The van der Waals surface area contributed by atoms with E-state index in [1.54, 1.807) is 6.92 Å². The number of pyridine rings is 1. The van der Waals surface area contributed by atoms with E-state index in [2.05, 4.69) is 29.8 Å². The summed E-state index contributed by atoms with van der Waals surface area (Å²) in [5.41, 5.74) is 0.461. The maximum Gasteiger partial charge on any atom is 0.425 e. The van der Waals surface area contributed by atoms with Crippen LogP contribution < -0.4 is 4.74 Å². The van der Waals surface area contributed by atoms with Crippen LogP contribution in [-0.2, 0) is 10.8 Å². The third kappa shape index (κ3) is 3.95. The molecule has 0 aliphatic carbocycles. The van der Waals surface area contributed by atoms with Crippen molar-refractivity contribution in [3.05, 3.63) is 35.5 Å². The average Bonchev–Trinajstić information content (AvgIpc) is 3.05. The van der Waals surface area contributed by atoms with Crippen molar-refractivity contribution in [1.82, 2.24) is 24.8 Å². The minimum Gasteiger partial charge on any atom is -0.463 e. The van der Waals surface area contributed by atoms with Crippen molar-refractivity contribution >= 4 is 5.65 Å². The van der Waals surface area contributed by atoms with E-state index in [1.807, 2.05) is 0 Å². The molecule has 0 radical (unpaired) electrons. The van der Waals surface area contributed by atoms with Crippen LogP contribution in [0, 0.1) is 12.7 Å². The molecule has 0 aliphatic heterocycles. The van der Waals surface area contributed by atoms with Gasteiger partial charge in [-0.05, 0) is 31.5 Å². The lowest BCUT2D eigenvalue weighted by Crippen LogP contribution is -2.31. The fourth-order valence-electron chi connectivity index (χ4n) is 2.36. The van der Waals surface area contributed by atoms with Gasteiger partial charge in [-0.15, -0.1) is 10.2 Å². The number of nitrogens with zero attached hydrogens (tertiary/aromatic N) is 5. The molecule has 3 aromatic heterocycles. The van der Waals surface area contributed by atoms with Crippen LogP contribution in [0.25, 0.3) is 16.9 Å². The van der Waals surface area contributed by atoms with Crippen LogP contribution in [-0.4, -0.2) is 44.2 Å². The predicted molar refractivity (Wildman–Crippen MR) is 85.8 cm³/mol. The van der Waals surface area contributed by atoms with Crippen LogP contribution in [0.2, 0.25) is 0 Å². The Labute approximate surface area is 159 Å². The van der Waals surface area contributed by atoms with Crippen molar-refractivity contribution in [3.63, 3.8) is 0 Å². The first kappa shape index (κ1) is 20.8. The smallest absolute Gasteiger partial charge is 0.425 e. The SMILES string of the molecule is COC(F)(F)c1nnc2cc(C)c(-c3cnc(OC(C)C(F)(F)F)c(F)c3)nn12. The molecule has 0 amide bonds. The highest BCUT2D eigenvalue weighted by Gasteiger charge is 2.39. The van der Waals surface area contributed by atoms with Gasteiger partial charge in [0.25, 0.3) is 11.7 Å². The lowest BCUT2D eigenvalue weighted by molar-refractivity contribution is -0.238. The molecule has 0 spiro atoms. The van der Waals surface area contributed by atoms with Gasteiger partial charge in [0.1, 0.15) is 0 Å². The first-order chi connectivity index (χ1) is 13.4. The van der Waals surface area contributed by atoms with E-state index < -0.39 is 35.9 Å². The van der Waals surface area contributed by atoms with Gasteiger partial charge in [0, 0.05) is 18.9 Å². The van der Waals surface area contributed by atoms with E-state index in [4.69, 9.17) is 0 Å². The fourth-order valence-corrected chi connectivity index (χ4v) is 2.36. The lowest BCUT2D eigenvalue weighted by Gasteiger charge is -2.17. The fraction of sp³-hybridized carbons (Fsp3) is 0.375. The topological polar surface area (TPSA) is 74.4 Å². The first-order valence-electron chi connectivity index (χ1n) is 8.00. The van der Waals surface area contributed by atoms with Gasteiger partial charge >= 0.3 is 12.3 Å². The number of ether oxygens (including phenoxy) is 2. The number of methoxy groups -OCH3 is 1. The molecule has 29 heavy (non-hydrogen) atoms. The molecular weight excluding hydrogens is 408 g/mol. The highest BCUT2D eigenvalue weighted by molar-refractivity contribution is 5.64. The minimum atomic E-state index is -4.70. The van der Waals surface area contributed by atoms with Gasteiger partial charge < -0.3 is 9.47 Å². The summed E-state index contributed by atoms with van der Waals surface area (Å²) in [7, 11) is 0.774. The molecule has 3 heterocycles. The Bertz CT molecular complexity index is 1050. The molecular formula is C16H13F6N5O2. The van der Waals surface area contributed by atoms with Gasteiger partial charge in [-0.3, -0.25) is 0 Å². The molecule has 156 valence electrons. The van der Waals surface area contributed by atoms with Crippen LogP contribution >= 0.6 is 0 Å². The third-order valence-electron chi connectivity index (χ3n) is 3.93. The number of hydrogen-bond acceptors (Lipinski definition) is 6. The summed E-state index contributed by atoms with van der Waals surface area (Å²) in [6.07, 6.45) is -9.75. The van der Waals surface area contributed by atoms with Crippen LogP contribution in [0.1, 0.15) is 18.3 Å². The summed E-state index contributed by atoms with van der Waals surface area (Å²) in [6.45, 7) is 2.26. The van der Waals surface area contributed by atoms with E-state index in [0.717, 1.165) is 23.9 Å². The van der Waals surface area contributed by atoms with Gasteiger partial charge in [0.2, 0.25) is 0 Å².